The Morgan fingerprint density at radius 2 is 1.77 bits per heavy atom. The lowest BCUT2D eigenvalue weighted by Crippen LogP contribution is -2.37. The molecule has 4 heterocycles. The van der Waals surface area contributed by atoms with Gasteiger partial charge in [-0.1, -0.05) is 47.5 Å². The number of para-hydroxylation sites is 1. The van der Waals surface area contributed by atoms with Gasteiger partial charge in [-0.3, -0.25) is 4.79 Å². The van der Waals surface area contributed by atoms with Crippen molar-refractivity contribution < 1.29 is 28.5 Å². The third-order valence-corrected chi connectivity index (χ3v) is 9.41. The maximum absolute atomic E-state index is 13.8. The molecule has 0 radical (unpaired) electrons. The molecule has 12 heteroatoms. The highest BCUT2D eigenvalue weighted by molar-refractivity contribution is 6.40. The summed E-state index contributed by atoms with van der Waals surface area (Å²) < 4.78 is 24.5. The van der Waals surface area contributed by atoms with Crippen LogP contribution in [0.3, 0.4) is 0 Å². The fourth-order valence-corrected chi connectivity index (χ4v) is 7.01. The largest absolute Gasteiger partial charge is 0.472 e. The first-order chi connectivity index (χ1) is 22.9. The minimum atomic E-state index is -0.395. The molecule has 244 valence electrons. The first-order valence-corrected chi connectivity index (χ1v) is 16.4. The van der Waals surface area contributed by atoms with Crippen molar-refractivity contribution >= 4 is 40.8 Å². The average Bonchev–Trinajstić information content (AvgIpc) is 3.62. The van der Waals surface area contributed by atoms with Crippen LogP contribution in [0.4, 0.5) is 5.69 Å². The minimum Gasteiger partial charge on any atom is -0.472 e. The summed E-state index contributed by atoms with van der Waals surface area (Å²) in [5.41, 5.74) is 5.68. The number of methoxy groups -OCH3 is 1. The Kier molecular flexibility index (Phi) is 9.09. The van der Waals surface area contributed by atoms with Crippen molar-refractivity contribution in [1.29, 1.82) is 0 Å². The topological polar surface area (TPSA) is 95.4 Å². The highest BCUT2D eigenvalue weighted by Gasteiger charge is 2.29. The van der Waals surface area contributed by atoms with E-state index in [1.165, 1.54) is 7.11 Å². The van der Waals surface area contributed by atoms with E-state index < -0.39 is 5.97 Å². The Labute approximate surface area is 282 Å². The predicted octanol–water partition coefficient (Wildman–Crippen LogP) is 6.84. The van der Waals surface area contributed by atoms with Gasteiger partial charge in [0.1, 0.15) is 12.0 Å². The first kappa shape index (κ1) is 31.5. The van der Waals surface area contributed by atoms with Crippen molar-refractivity contribution in [3.8, 4) is 28.0 Å². The second-order valence-electron chi connectivity index (χ2n) is 11.7. The van der Waals surface area contributed by atoms with Crippen LogP contribution in [0.5, 0.6) is 5.75 Å². The van der Waals surface area contributed by atoms with E-state index >= 15 is 0 Å². The molecule has 0 bridgehead atoms. The summed E-state index contributed by atoms with van der Waals surface area (Å²) in [6.45, 7) is 3.54. The number of anilines is 1. The molecular formula is C35H34Cl2N4O6. The van der Waals surface area contributed by atoms with Gasteiger partial charge in [0.25, 0.3) is 5.91 Å². The predicted molar refractivity (Wildman–Crippen MR) is 178 cm³/mol. The molecule has 0 N–H and O–H groups in total. The number of aromatic nitrogens is 2. The molecule has 1 unspecified atom stereocenters. The number of carbonyl (C=O) groups is 2. The zero-order valence-corrected chi connectivity index (χ0v) is 27.4. The van der Waals surface area contributed by atoms with Crippen molar-refractivity contribution in [3.05, 3.63) is 87.7 Å². The third kappa shape index (κ3) is 6.30. The number of hydrogen-bond donors (Lipinski definition) is 0. The van der Waals surface area contributed by atoms with Gasteiger partial charge in [-0.25, -0.2) is 9.48 Å². The van der Waals surface area contributed by atoms with E-state index in [4.69, 9.17) is 42.1 Å². The van der Waals surface area contributed by atoms with Crippen LogP contribution < -0.4 is 9.64 Å². The number of ether oxygens (including phenoxy) is 4. The van der Waals surface area contributed by atoms with Crippen LogP contribution in [-0.4, -0.2) is 73.3 Å². The van der Waals surface area contributed by atoms with Crippen molar-refractivity contribution in [3.63, 3.8) is 0 Å². The number of hydrogen-bond acceptors (Lipinski definition) is 8. The van der Waals surface area contributed by atoms with Crippen molar-refractivity contribution in [2.75, 3.05) is 51.7 Å². The van der Waals surface area contributed by atoms with E-state index in [9.17, 15) is 9.59 Å². The summed E-state index contributed by atoms with van der Waals surface area (Å²) in [5, 5.41) is 4.99. The molecule has 7 rings (SSSR count). The van der Waals surface area contributed by atoms with E-state index in [0.29, 0.717) is 44.2 Å². The van der Waals surface area contributed by atoms with Crippen LogP contribution in [0.25, 0.3) is 22.3 Å². The van der Waals surface area contributed by atoms with Crippen LogP contribution in [0, 0.1) is 0 Å². The van der Waals surface area contributed by atoms with Crippen molar-refractivity contribution in [1.82, 2.24) is 14.7 Å². The smallest absolute Gasteiger partial charge is 0.339 e. The van der Waals surface area contributed by atoms with E-state index in [-0.39, 0.29) is 34.5 Å². The Bertz CT molecular complexity index is 1790. The molecule has 1 aromatic heterocycles. The number of rotatable bonds is 6. The summed E-state index contributed by atoms with van der Waals surface area (Å²) in [5.74, 6) is -0.0410. The van der Waals surface area contributed by atoms with Gasteiger partial charge in [-0.15, -0.1) is 0 Å². The molecule has 0 saturated carbocycles. The van der Waals surface area contributed by atoms with Gasteiger partial charge in [0.05, 0.1) is 59.9 Å². The maximum Gasteiger partial charge on any atom is 0.339 e. The van der Waals surface area contributed by atoms with E-state index in [1.807, 2.05) is 41.2 Å². The Morgan fingerprint density at radius 3 is 2.51 bits per heavy atom. The maximum atomic E-state index is 13.8. The Morgan fingerprint density at radius 1 is 0.957 bits per heavy atom. The Balaban J connectivity index is 1.12. The number of fused-ring (bicyclic) bond motifs is 1. The normalized spacial score (nSPS) is 18.0. The molecule has 1 amide bonds. The number of halogens is 2. The van der Waals surface area contributed by atoms with Crippen molar-refractivity contribution in [2.24, 2.45) is 0 Å². The molecule has 47 heavy (non-hydrogen) atoms. The van der Waals surface area contributed by atoms with Crippen molar-refractivity contribution in [2.45, 2.75) is 32.0 Å². The highest BCUT2D eigenvalue weighted by Crippen LogP contribution is 2.40. The molecule has 10 nitrogen and oxygen atoms in total. The summed E-state index contributed by atoms with van der Waals surface area (Å²) in [6.07, 6.45) is 6.65. The second-order valence-corrected chi connectivity index (χ2v) is 12.6. The number of carbonyl (C=O) groups excluding carboxylic acids is 2. The lowest BCUT2D eigenvalue weighted by Gasteiger charge is -2.32. The number of benzene rings is 3. The zero-order valence-electron chi connectivity index (χ0n) is 25.9. The van der Waals surface area contributed by atoms with Crippen LogP contribution in [0.1, 0.15) is 51.8 Å². The Hall–Kier alpha value is -4.09. The molecule has 0 spiro atoms. The first-order valence-electron chi connectivity index (χ1n) is 15.7. The van der Waals surface area contributed by atoms with Gasteiger partial charge >= 0.3 is 5.97 Å². The van der Waals surface area contributed by atoms with Gasteiger partial charge in [-0.2, -0.15) is 5.10 Å². The zero-order chi connectivity index (χ0) is 32.5. The van der Waals surface area contributed by atoms with Gasteiger partial charge < -0.3 is 28.7 Å². The minimum absolute atomic E-state index is 0.0159. The van der Waals surface area contributed by atoms with Gasteiger partial charge in [0, 0.05) is 42.6 Å². The van der Waals surface area contributed by atoms with Crippen LogP contribution in [0.15, 0.2) is 60.9 Å². The van der Waals surface area contributed by atoms with Gasteiger partial charge in [0.2, 0.25) is 0 Å². The molecule has 2 saturated heterocycles. The molecule has 0 aliphatic carbocycles. The van der Waals surface area contributed by atoms with Crippen LogP contribution in [-0.2, 0) is 20.8 Å². The third-order valence-electron chi connectivity index (χ3n) is 8.82. The lowest BCUT2D eigenvalue weighted by atomic mass is 9.97. The quantitative estimate of drug-likeness (QED) is 0.205. The summed E-state index contributed by atoms with van der Waals surface area (Å²) in [4.78, 5) is 30.1. The molecule has 2 fully saturated rings. The monoisotopic (exact) mass is 676 g/mol. The van der Waals surface area contributed by atoms with E-state index in [1.54, 1.807) is 29.3 Å². The molecule has 4 aromatic rings. The molecule has 3 aliphatic rings. The SMILES string of the molecule is COC(=O)c1ccc(-c2cccc3c2OCN(C(=O)c2c(Cl)cc(-c4cnn(C5CCCCO5)c4)cc2Cl)C3)cc1N1CCOCC1. The summed E-state index contributed by atoms with van der Waals surface area (Å²) in [6, 6.07) is 15.0. The molecule has 3 aromatic carbocycles. The van der Waals surface area contributed by atoms with Crippen LogP contribution >= 0.6 is 23.2 Å². The molecular weight excluding hydrogens is 643 g/mol. The van der Waals surface area contributed by atoms with Gasteiger partial charge in [-0.05, 0) is 54.7 Å². The second kappa shape index (κ2) is 13.6. The lowest BCUT2D eigenvalue weighted by molar-refractivity contribution is -0.0394. The standard InChI is InChI=1S/C35H34Cl2N4O6/c1-44-35(43)27-9-8-22(17-30(27)39-10-13-45-14-11-39)26-6-4-5-23-19-40(21-47-33(23)26)34(42)32-28(36)15-24(16-29(32)37)25-18-38-41(20-25)31-7-2-3-12-46-31/h4-6,8-9,15-18,20,31H,2-3,7,10-14,19,21H2,1H3. The number of morpholine rings is 1. The number of amides is 1. The number of nitrogens with zero attached hydrogens (tertiary/aromatic N) is 4. The highest BCUT2D eigenvalue weighted by atomic mass is 35.5. The van der Waals surface area contributed by atoms with Gasteiger partial charge in [0.15, 0.2) is 6.73 Å². The van der Waals surface area contributed by atoms with E-state index in [2.05, 4.69) is 10.00 Å². The molecule has 3 aliphatic heterocycles. The average molecular weight is 678 g/mol. The molecule has 1 atom stereocenters. The summed E-state index contributed by atoms with van der Waals surface area (Å²) >= 11 is 13.4. The fraction of sp³-hybridized carbons (Fsp3) is 0.343. The fourth-order valence-electron chi connectivity index (χ4n) is 6.36. The van der Waals surface area contributed by atoms with Crippen LogP contribution in [0.2, 0.25) is 10.0 Å². The summed E-state index contributed by atoms with van der Waals surface area (Å²) in [7, 11) is 1.38. The van der Waals surface area contributed by atoms with E-state index in [0.717, 1.165) is 59.4 Å². The number of esters is 1.